The van der Waals surface area contributed by atoms with Gasteiger partial charge in [-0.15, -0.1) is 11.3 Å². The second-order valence-electron chi connectivity index (χ2n) is 7.62. The summed E-state index contributed by atoms with van der Waals surface area (Å²) in [6.45, 7) is 6.31. The van der Waals surface area contributed by atoms with E-state index < -0.39 is 0 Å². The Morgan fingerprint density at radius 3 is 2.55 bits per heavy atom. The standard InChI is InChI=1S/C25H25N3OS2/c1-4-21(23(29)28-20-13-9-8-12-18(20)16(2)3)31-25-22-19(17-10-6-5-7-11-17)14-30-24(22)26-15-27-25/h5-16,21H,4H2,1-3H3,(H,28,29). The molecular weight excluding hydrogens is 422 g/mol. The Kier molecular flexibility index (Phi) is 6.68. The van der Waals surface area contributed by atoms with Gasteiger partial charge in [0.05, 0.1) is 10.6 Å². The zero-order valence-corrected chi connectivity index (χ0v) is 19.5. The van der Waals surface area contributed by atoms with Crippen LogP contribution in [0.2, 0.25) is 0 Å². The monoisotopic (exact) mass is 447 g/mol. The highest BCUT2D eigenvalue weighted by atomic mass is 32.2. The Morgan fingerprint density at radius 1 is 1.06 bits per heavy atom. The van der Waals surface area contributed by atoms with Gasteiger partial charge in [-0.2, -0.15) is 0 Å². The van der Waals surface area contributed by atoms with Crippen molar-refractivity contribution >= 4 is 44.9 Å². The van der Waals surface area contributed by atoms with Gasteiger partial charge in [0.1, 0.15) is 16.2 Å². The third-order valence-corrected chi connectivity index (χ3v) is 7.43. The van der Waals surface area contributed by atoms with Crippen LogP contribution in [0.1, 0.15) is 38.7 Å². The summed E-state index contributed by atoms with van der Waals surface area (Å²) < 4.78 is 0. The minimum Gasteiger partial charge on any atom is -0.325 e. The first-order chi connectivity index (χ1) is 15.1. The second kappa shape index (κ2) is 9.62. The van der Waals surface area contributed by atoms with Crippen LogP contribution in [0.15, 0.2) is 71.3 Å². The fourth-order valence-electron chi connectivity index (χ4n) is 3.55. The van der Waals surface area contributed by atoms with Crippen molar-refractivity contribution in [3.05, 3.63) is 71.9 Å². The van der Waals surface area contributed by atoms with E-state index in [9.17, 15) is 4.79 Å². The molecule has 0 fully saturated rings. The van der Waals surface area contributed by atoms with Crippen LogP contribution in [0.5, 0.6) is 0 Å². The van der Waals surface area contributed by atoms with Crippen molar-refractivity contribution in [2.75, 3.05) is 5.32 Å². The molecule has 0 aliphatic carbocycles. The molecule has 4 nitrogen and oxygen atoms in total. The number of carbonyl (C=O) groups excluding carboxylic acids is 1. The molecule has 1 atom stereocenters. The summed E-state index contributed by atoms with van der Waals surface area (Å²) in [7, 11) is 0. The third-order valence-electron chi connectivity index (χ3n) is 5.18. The van der Waals surface area contributed by atoms with Gasteiger partial charge in [-0.05, 0) is 29.5 Å². The van der Waals surface area contributed by atoms with Crippen LogP contribution in [0, 0.1) is 0 Å². The number of hydrogen-bond acceptors (Lipinski definition) is 5. The minimum absolute atomic E-state index is 0.00357. The average Bonchev–Trinajstić information content (AvgIpc) is 3.23. The third kappa shape index (κ3) is 4.65. The number of para-hydroxylation sites is 1. The summed E-state index contributed by atoms with van der Waals surface area (Å²) >= 11 is 3.13. The molecule has 1 amide bonds. The van der Waals surface area contributed by atoms with Crippen molar-refractivity contribution in [1.29, 1.82) is 0 Å². The molecule has 2 aromatic carbocycles. The molecule has 0 spiro atoms. The predicted octanol–water partition coefficient (Wildman–Crippen LogP) is 6.99. The number of rotatable bonds is 7. The minimum atomic E-state index is -0.248. The number of benzene rings is 2. The zero-order chi connectivity index (χ0) is 21.8. The molecule has 31 heavy (non-hydrogen) atoms. The van der Waals surface area contributed by atoms with Crippen molar-refractivity contribution in [2.24, 2.45) is 0 Å². The van der Waals surface area contributed by atoms with Crippen LogP contribution >= 0.6 is 23.1 Å². The van der Waals surface area contributed by atoms with E-state index in [-0.39, 0.29) is 11.2 Å². The highest BCUT2D eigenvalue weighted by molar-refractivity contribution is 8.00. The number of fused-ring (bicyclic) bond motifs is 1. The van der Waals surface area contributed by atoms with Crippen molar-refractivity contribution in [1.82, 2.24) is 9.97 Å². The van der Waals surface area contributed by atoms with Crippen molar-refractivity contribution < 1.29 is 4.79 Å². The normalized spacial score (nSPS) is 12.3. The summed E-state index contributed by atoms with van der Waals surface area (Å²) in [5.74, 6) is 0.341. The number of thioether (sulfide) groups is 1. The van der Waals surface area contributed by atoms with Crippen molar-refractivity contribution in [2.45, 2.75) is 43.4 Å². The molecule has 6 heteroatoms. The lowest BCUT2D eigenvalue weighted by atomic mass is 10.0. The Balaban J connectivity index is 1.63. The molecule has 1 N–H and O–H groups in total. The molecule has 2 heterocycles. The molecule has 0 saturated carbocycles. The number of nitrogens with one attached hydrogen (secondary N) is 1. The van der Waals surface area contributed by atoms with Gasteiger partial charge in [0.15, 0.2) is 0 Å². The van der Waals surface area contributed by atoms with Crippen LogP contribution in [0.3, 0.4) is 0 Å². The number of thiophene rings is 1. The molecule has 0 saturated heterocycles. The number of carbonyl (C=O) groups is 1. The smallest absolute Gasteiger partial charge is 0.237 e. The number of amides is 1. The Labute approximate surface area is 191 Å². The van der Waals surface area contributed by atoms with E-state index in [1.54, 1.807) is 17.7 Å². The molecule has 0 radical (unpaired) electrons. The lowest BCUT2D eigenvalue weighted by Crippen LogP contribution is -2.25. The maximum Gasteiger partial charge on any atom is 0.237 e. The SMILES string of the molecule is CCC(Sc1ncnc2scc(-c3ccccc3)c12)C(=O)Nc1ccccc1C(C)C. The van der Waals surface area contributed by atoms with E-state index in [1.165, 1.54) is 11.8 Å². The summed E-state index contributed by atoms with van der Waals surface area (Å²) in [6, 6.07) is 18.3. The van der Waals surface area contributed by atoms with E-state index in [0.717, 1.165) is 37.6 Å². The van der Waals surface area contributed by atoms with E-state index in [0.29, 0.717) is 12.3 Å². The van der Waals surface area contributed by atoms with Gasteiger partial charge in [0.2, 0.25) is 5.91 Å². The van der Waals surface area contributed by atoms with Gasteiger partial charge >= 0.3 is 0 Å². The number of anilines is 1. The Morgan fingerprint density at radius 2 is 1.81 bits per heavy atom. The van der Waals surface area contributed by atoms with E-state index >= 15 is 0 Å². The zero-order valence-electron chi connectivity index (χ0n) is 17.8. The Bertz CT molecular complexity index is 1190. The van der Waals surface area contributed by atoms with Crippen LogP contribution in [0.4, 0.5) is 5.69 Å². The maximum atomic E-state index is 13.2. The topological polar surface area (TPSA) is 54.9 Å². The first-order valence-corrected chi connectivity index (χ1v) is 12.2. The molecule has 4 rings (SSSR count). The lowest BCUT2D eigenvalue weighted by molar-refractivity contribution is -0.115. The molecule has 0 bridgehead atoms. The maximum absolute atomic E-state index is 13.2. The second-order valence-corrected chi connectivity index (χ2v) is 9.67. The van der Waals surface area contributed by atoms with Crippen LogP contribution in [-0.2, 0) is 4.79 Å². The van der Waals surface area contributed by atoms with E-state index in [1.807, 2.05) is 43.3 Å². The first-order valence-electron chi connectivity index (χ1n) is 10.4. The molecule has 2 aromatic heterocycles. The highest BCUT2D eigenvalue weighted by Crippen LogP contribution is 2.39. The van der Waals surface area contributed by atoms with Gasteiger partial charge in [-0.25, -0.2) is 9.97 Å². The lowest BCUT2D eigenvalue weighted by Gasteiger charge is -2.18. The summed E-state index contributed by atoms with van der Waals surface area (Å²) in [6.07, 6.45) is 2.30. The largest absolute Gasteiger partial charge is 0.325 e. The van der Waals surface area contributed by atoms with E-state index in [2.05, 4.69) is 52.7 Å². The highest BCUT2D eigenvalue weighted by Gasteiger charge is 2.23. The van der Waals surface area contributed by atoms with Crippen LogP contribution in [0.25, 0.3) is 21.3 Å². The summed E-state index contributed by atoms with van der Waals surface area (Å²) in [5.41, 5.74) is 4.28. The fraction of sp³-hybridized carbons (Fsp3) is 0.240. The number of hydrogen-bond donors (Lipinski definition) is 1. The summed E-state index contributed by atoms with van der Waals surface area (Å²) in [5, 5.41) is 6.90. The van der Waals surface area contributed by atoms with Crippen molar-refractivity contribution in [3.63, 3.8) is 0 Å². The Hall–Kier alpha value is -2.70. The van der Waals surface area contributed by atoms with Crippen LogP contribution in [-0.4, -0.2) is 21.1 Å². The predicted molar refractivity (Wildman–Crippen MR) is 132 cm³/mol. The average molecular weight is 448 g/mol. The van der Waals surface area contributed by atoms with Gasteiger partial charge in [-0.3, -0.25) is 4.79 Å². The van der Waals surface area contributed by atoms with Crippen LogP contribution < -0.4 is 5.32 Å². The van der Waals surface area contributed by atoms with Gasteiger partial charge in [0, 0.05) is 16.6 Å². The molecule has 0 aliphatic heterocycles. The molecular formula is C25H25N3OS2. The molecule has 4 aromatic rings. The van der Waals surface area contributed by atoms with Gasteiger partial charge in [-0.1, -0.05) is 81.1 Å². The molecule has 1 unspecified atom stereocenters. The quantitative estimate of drug-likeness (QED) is 0.245. The first kappa shape index (κ1) is 21.5. The van der Waals surface area contributed by atoms with Gasteiger partial charge in [0.25, 0.3) is 0 Å². The number of aromatic nitrogens is 2. The molecule has 158 valence electrons. The summed E-state index contributed by atoms with van der Waals surface area (Å²) in [4.78, 5) is 23.1. The van der Waals surface area contributed by atoms with Gasteiger partial charge < -0.3 is 5.32 Å². The van der Waals surface area contributed by atoms with Crippen molar-refractivity contribution in [3.8, 4) is 11.1 Å². The number of nitrogens with zero attached hydrogens (tertiary/aromatic N) is 2. The molecule has 0 aliphatic rings. The van der Waals surface area contributed by atoms with E-state index in [4.69, 9.17) is 0 Å². The fourth-order valence-corrected chi connectivity index (χ4v) is 5.57.